The molecule has 5 nitrogen and oxygen atoms in total. The zero-order chi connectivity index (χ0) is 18.7. The van der Waals surface area contributed by atoms with Crippen LogP contribution in [0.25, 0.3) is 0 Å². The van der Waals surface area contributed by atoms with Gasteiger partial charge < -0.3 is 14.7 Å². The Labute approximate surface area is 155 Å². The largest absolute Gasteiger partial charge is 0.481 e. The minimum Gasteiger partial charge on any atom is -0.481 e. The SMILES string of the molecule is Cc1ccc(CC(C)C(=O)N2CCC(C(=O)O)CC2C2CCCO2)cc1. The summed E-state index contributed by atoms with van der Waals surface area (Å²) in [5.41, 5.74) is 2.37. The molecule has 1 aromatic rings. The van der Waals surface area contributed by atoms with Crippen LogP contribution in [-0.4, -0.2) is 47.2 Å². The second-order valence-electron chi connectivity index (χ2n) is 7.80. The van der Waals surface area contributed by atoms with E-state index in [2.05, 4.69) is 31.2 Å². The first-order valence-corrected chi connectivity index (χ1v) is 9.66. The Kier molecular flexibility index (Phi) is 5.97. The van der Waals surface area contributed by atoms with Crippen molar-refractivity contribution in [2.45, 2.75) is 58.1 Å². The molecule has 3 rings (SSSR count). The van der Waals surface area contributed by atoms with Crippen LogP contribution in [0.1, 0.15) is 43.7 Å². The van der Waals surface area contributed by atoms with Gasteiger partial charge in [-0.15, -0.1) is 0 Å². The predicted molar refractivity (Wildman–Crippen MR) is 98.9 cm³/mol. The molecule has 1 aromatic carbocycles. The Morgan fingerprint density at radius 2 is 2.00 bits per heavy atom. The van der Waals surface area contributed by atoms with Crippen molar-refractivity contribution in [1.29, 1.82) is 0 Å². The van der Waals surface area contributed by atoms with Crippen LogP contribution < -0.4 is 0 Å². The summed E-state index contributed by atoms with van der Waals surface area (Å²) >= 11 is 0. The highest BCUT2D eigenvalue weighted by Crippen LogP contribution is 2.32. The van der Waals surface area contributed by atoms with Crippen LogP contribution in [0.3, 0.4) is 0 Å². The Bertz CT molecular complexity index is 636. The molecule has 1 N–H and O–H groups in total. The molecule has 2 heterocycles. The molecular formula is C21H29NO4. The lowest BCUT2D eigenvalue weighted by atomic mass is 9.86. The molecule has 26 heavy (non-hydrogen) atoms. The van der Waals surface area contributed by atoms with E-state index in [1.54, 1.807) is 0 Å². The van der Waals surface area contributed by atoms with E-state index >= 15 is 0 Å². The minimum atomic E-state index is -0.757. The van der Waals surface area contributed by atoms with Crippen LogP contribution in [0.4, 0.5) is 0 Å². The van der Waals surface area contributed by atoms with Crippen molar-refractivity contribution in [3.8, 4) is 0 Å². The van der Waals surface area contributed by atoms with Gasteiger partial charge in [-0.1, -0.05) is 36.8 Å². The number of carbonyl (C=O) groups is 2. The molecule has 4 unspecified atom stereocenters. The summed E-state index contributed by atoms with van der Waals surface area (Å²) in [5, 5.41) is 9.41. The number of amides is 1. The smallest absolute Gasteiger partial charge is 0.306 e. The number of carboxylic acids is 1. The van der Waals surface area contributed by atoms with Crippen LogP contribution in [0.5, 0.6) is 0 Å². The monoisotopic (exact) mass is 359 g/mol. The Morgan fingerprint density at radius 3 is 2.62 bits per heavy atom. The third-order valence-corrected chi connectivity index (χ3v) is 5.76. The van der Waals surface area contributed by atoms with Crippen LogP contribution in [-0.2, 0) is 20.7 Å². The molecule has 4 atom stereocenters. The van der Waals surface area contributed by atoms with E-state index in [1.807, 2.05) is 11.8 Å². The van der Waals surface area contributed by atoms with Crippen LogP contribution >= 0.6 is 0 Å². The first-order chi connectivity index (χ1) is 12.5. The maximum atomic E-state index is 13.1. The van der Waals surface area contributed by atoms with Crippen molar-refractivity contribution in [3.05, 3.63) is 35.4 Å². The summed E-state index contributed by atoms with van der Waals surface area (Å²) in [7, 11) is 0. The number of piperidine rings is 1. The summed E-state index contributed by atoms with van der Waals surface area (Å²) in [5.74, 6) is -1.13. The molecule has 2 aliphatic rings. The number of rotatable bonds is 5. The fraction of sp³-hybridized carbons (Fsp3) is 0.619. The van der Waals surface area contributed by atoms with Crippen molar-refractivity contribution in [2.24, 2.45) is 11.8 Å². The maximum Gasteiger partial charge on any atom is 0.306 e. The lowest BCUT2D eigenvalue weighted by Gasteiger charge is -2.42. The number of hydrogen-bond donors (Lipinski definition) is 1. The van der Waals surface area contributed by atoms with E-state index in [1.165, 1.54) is 5.56 Å². The second-order valence-corrected chi connectivity index (χ2v) is 7.80. The lowest BCUT2D eigenvalue weighted by molar-refractivity contribution is -0.152. The standard InChI is InChI=1S/C21H29NO4/c1-14-5-7-16(8-6-14)12-15(2)20(23)22-10-9-17(21(24)25)13-18(22)19-4-3-11-26-19/h5-8,15,17-19H,3-4,9-13H2,1-2H3,(H,24,25). The highest BCUT2D eigenvalue weighted by atomic mass is 16.5. The van der Waals surface area contributed by atoms with Gasteiger partial charge in [0.2, 0.25) is 5.91 Å². The summed E-state index contributed by atoms with van der Waals surface area (Å²) in [6.45, 7) is 5.24. The highest BCUT2D eigenvalue weighted by molar-refractivity contribution is 5.80. The zero-order valence-corrected chi connectivity index (χ0v) is 15.7. The molecule has 1 amide bonds. The molecule has 142 valence electrons. The van der Waals surface area contributed by atoms with Crippen molar-refractivity contribution in [2.75, 3.05) is 13.2 Å². The van der Waals surface area contributed by atoms with E-state index in [0.717, 1.165) is 18.4 Å². The first-order valence-electron chi connectivity index (χ1n) is 9.66. The van der Waals surface area contributed by atoms with Gasteiger partial charge in [0.1, 0.15) is 0 Å². The van der Waals surface area contributed by atoms with Gasteiger partial charge in [0, 0.05) is 19.1 Å². The van der Waals surface area contributed by atoms with Gasteiger partial charge in [0.15, 0.2) is 0 Å². The van der Waals surface area contributed by atoms with Gasteiger partial charge in [0.25, 0.3) is 0 Å². The number of ether oxygens (including phenoxy) is 1. The van der Waals surface area contributed by atoms with Gasteiger partial charge >= 0.3 is 5.97 Å². The summed E-state index contributed by atoms with van der Waals surface area (Å²) in [4.78, 5) is 26.5. The molecule has 0 spiro atoms. The van der Waals surface area contributed by atoms with Crippen molar-refractivity contribution in [1.82, 2.24) is 4.90 Å². The number of carboxylic acid groups (broad SMARTS) is 1. The Morgan fingerprint density at radius 1 is 1.27 bits per heavy atom. The van der Waals surface area contributed by atoms with Gasteiger partial charge in [-0.2, -0.15) is 0 Å². The lowest BCUT2D eigenvalue weighted by Crippen LogP contribution is -2.54. The molecule has 0 aromatic heterocycles. The summed E-state index contributed by atoms with van der Waals surface area (Å²) in [6, 6.07) is 8.18. The van der Waals surface area contributed by atoms with Gasteiger partial charge in [-0.3, -0.25) is 9.59 Å². The van der Waals surface area contributed by atoms with Gasteiger partial charge in [0.05, 0.1) is 18.1 Å². The number of aryl methyl sites for hydroxylation is 1. The molecule has 2 aliphatic heterocycles. The number of benzene rings is 1. The number of nitrogens with zero attached hydrogens (tertiary/aromatic N) is 1. The average molecular weight is 359 g/mol. The van der Waals surface area contributed by atoms with E-state index < -0.39 is 5.97 Å². The number of aliphatic carboxylic acids is 1. The molecule has 2 saturated heterocycles. The topological polar surface area (TPSA) is 66.8 Å². The average Bonchev–Trinajstić information content (AvgIpc) is 3.17. The van der Waals surface area contributed by atoms with Crippen molar-refractivity contribution in [3.63, 3.8) is 0 Å². The first kappa shape index (κ1) is 18.9. The van der Waals surface area contributed by atoms with Crippen LogP contribution in [0.2, 0.25) is 0 Å². The predicted octanol–water partition coefficient (Wildman–Crippen LogP) is 3.04. The third-order valence-electron chi connectivity index (χ3n) is 5.76. The quantitative estimate of drug-likeness (QED) is 0.877. The third kappa shape index (κ3) is 4.26. The Hall–Kier alpha value is -1.88. The fourth-order valence-electron chi connectivity index (χ4n) is 4.20. The fourth-order valence-corrected chi connectivity index (χ4v) is 4.20. The molecule has 0 bridgehead atoms. The van der Waals surface area contributed by atoms with Crippen LogP contribution in [0, 0.1) is 18.8 Å². The number of likely N-dealkylation sites (tertiary alicyclic amines) is 1. The maximum absolute atomic E-state index is 13.1. The Balaban J connectivity index is 1.70. The van der Waals surface area contributed by atoms with E-state index in [0.29, 0.717) is 32.4 Å². The van der Waals surface area contributed by atoms with Crippen LogP contribution in [0.15, 0.2) is 24.3 Å². The molecule has 0 saturated carbocycles. The highest BCUT2D eigenvalue weighted by Gasteiger charge is 2.41. The van der Waals surface area contributed by atoms with Crippen molar-refractivity contribution >= 4 is 11.9 Å². The zero-order valence-electron chi connectivity index (χ0n) is 15.7. The number of hydrogen-bond acceptors (Lipinski definition) is 3. The van der Waals surface area contributed by atoms with E-state index in [9.17, 15) is 14.7 Å². The van der Waals surface area contributed by atoms with Crippen molar-refractivity contribution < 1.29 is 19.4 Å². The normalized spacial score (nSPS) is 27.3. The summed E-state index contributed by atoms with van der Waals surface area (Å²) < 4.78 is 5.83. The molecule has 0 aliphatic carbocycles. The van der Waals surface area contributed by atoms with Gasteiger partial charge in [-0.25, -0.2) is 0 Å². The van der Waals surface area contributed by atoms with Gasteiger partial charge in [-0.05, 0) is 44.6 Å². The summed E-state index contributed by atoms with van der Waals surface area (Å²) in [6.07, 6.45) is 3.61. The minimum absolute atomic E-state index is 0.0207. The molecule has 2 fully saturated rings. The second kappa shape index (κ2) is 8.21. The number of carbonyl (C=O) groups excluding carboxylic acids is 1. The van der Waals surface area contributed by atoms with E-state index in [-0.39, 0.29) is 29.9 Å². The molecule has 0 radical (unpaired) electrons. The van der Waals surface area contributed by atoms with E-state index in [4.69, 9.17) is 4.74 Å². The molecular weight excluding hydrogens is 330 g/mol. The molecule has 5 heteroatoms.